The zero-order valence-electron chi connectivity index (χ0n) is 11.9. The van der Waals surface area contributed by atoms with Crippen molar-refractivity contribution in [1.82, 2.24) is 9.78 Å². The Kier molecular flexibility index (Phi) is 7.79. The Morgan fingerprint density at radius 1 is 1.50 bits per heavy atom. The minimum Gasteiger partial charge on any atom is -0.394 e. The molecule has 0 unspecified atom stereocenters. The van der Waals surface area contributed by atoms with Crippen molar-refractivity contribution in [2.75, 3.05) is 31.7 Å². The van der Waals surface area contributed by atoms with Crippen molar-refractivity contribution >= 4 is 21.6 Å². The van der Waals surface area contributed by atoms with Crippen LogP contribution < -0.4 is 10.9 Å². The summed E-state index contributed by atoms with van der Waals surface area (Å²) in [6, 6.07) is 0. The molecule has 20 heavy (non-hydrogen) atoms. The van der Waals surface area contributed by atoms with Crippen LogP contribution >= 0.6 is 15.9 Å². The van der Waals surface area contributed by atoms with Gasteiger partial charge in [-0.3, -0.25) is 4.79 Å². The molecule has 0 saturated heterocycles. The average Bonchev–Trinajstić information content (AvgIpc) is 2.41. The number of aliphatic hydroxyl groups excluding tert-OH is 1. The molecule has 7 heteroatoms. The number of nitrogens with one attached hydrogen (secondary N) is 1. The van der Waals surface area contributed by atoms with Crippen LogP contribution in [0, 0.1) is 5.92 Å². The van der Waals surface area contributed by atoms with E-state index in [1.807, 2.05) is 0 Å². The van der Waals surface area contributed by atoms with Gasteiger partial charge in [0.1, 0.15) is 4.47 Å². The lowest BCUT2D eigenvalue weighted by Gasteiger charge is -2.10. The van der Waals surface area contributed by atoms with Crippen LogP contribution in [0.15, 0.2) is 15.5 Å². The fourth-order valence-corrected chi connectivity index (χ4v) is 1.97. The summed E-state index contributed by atoms with van der Waals surface area (Å²) in [5.74, 6) is 0.639. The maximum absolute atomic E-state index is 11.9. The van der Waals surface area contributed by atoms with E-state index in [-0.39, 0.29) is 18.7 Å². The summed E-state index contributed by atoms with van der Waals surface area (Å²) in [5.41, 5.74) is 0.376. The molecule has 0 amide bonds. The van der Waals surface area contributed by atoms with Gasteiger partial charge >= 0.3 is 0 Å². The van der Waals surface area contributed by atoms with E-state index in [1.165, 1.54) is 4.68 Å². The molecular formula is C13H22BrN3O3. The molecule has 6 nitrogen and oxygen atoms in total. The number of hydrogen-bond acceptors (Lipinski definition) is 5. The van der Waals surface area contributed by atoms with Gasteiger partial charge in [-0.1, -0.05) is 13.8 Å². The number of rotatable bonds is 9. The van der Waals surface area contributed by atoms with Gasteiger partial charge in [0.2, 0.25) is 0 Å². The summed E-state index contributed by atoms with van der Waals surface area (Å²) in [7, 11) is 0. The second kappa shape index (κ2) is 9.10. The van der Waals surface area contributed by atoms with Crippen LogP contribution in [0.2, 0.25) is 0 Å². The first kappa shape index (κ1) is 17.1. The molecule has 0 fully saturated rings. The second-order valence-corrected chi connectivity index (χ2v) is 5.64. The number of aliphatic hydroxyl groups is 1. The average molecular weight is 348 g/mol. The number of nitrogens with zero attached hydrogens (tertiary/aromatic N) is 2. The lowest BCUT2D eigenvalue weighted by molar-refractivity contribution is 0.132. The molecule has 0 spiro atoms. The van der Waals surface area contributed by atoms with E-state index in [1.54, 1.807) is 6.20 Å². The van der Waals surface area contributed by atoms with Gasteiger partial charge in [-0.05, 0) is 28.3 Å². The molecule has 1 aromatic heterocycles. The molecule has 1 heterocycles. The van der Waals surface area contributed by atoms with Gasteiger partial charge in [0.05, 0.1) is 31.6 Å². The Balaban J connectivity index is 2.41. The van der Waals surface area contributed by atoms with Gasteiger partial charge < -0.3 is 15.2 Å². The van der Waals surface area contributed by atoms with Crippen molar-refractivity contribution in [3.8, 4) is 0 Å². The van der Waals surface area contributed by atoms with Crippen LogP contribution in [0.5, 0.6) is 0 Å². The molecule has 0 aliphatic carbocycles. The van der Waals surface area contributed by atoms with E-state index >= 15 is 0 Å². The first-order valence-corrected chi connectivity index (χ1v) is 7.53. The zero-order valence-corrected chi connectivity index (χ0v) is 13.5. The Morgan fingerprint density at radius 2 is 2.25 bits per heavy atom. The predicted molar refractivity (Wildman–Crippen MR) is 82.0 cm³/mol. The fourth-order valence-electron chi connectivity index (χ4n) is 1.52. The van der Waals surface area contributed by atoms with Crippen LogP contribution in [-0.2, 0) is 11.3 Å². The summed E-state index contributed by atoms with van der Waals surface area (Å²) in [5, 5.41) is 15.9. The number of ether oxygens (including phenoxy) is 1. The first-order valence-electron chi connectivity index (χ1n) is 6.74. The van der Waals surface area contributed by atoms with E-state index in [0.717, 1.165) is 13.0 Å². The lowest BCUT2D eigenvalue weighted by Crippen LogP contribution is -2.26. The van der Waals surface area contributed by atoms with Crippen LogP contribution in [-0.4, -0.2) is 41.3 Å². The fraction of sp³-hybridized carbons (Fsp3) is 0.692. The third-order valence-corrected chi connectivity index (χ3v) is 3.46. The Bertz CT molecular complexity index is 463. The van der Waals surface area contributed by atoms with Crippen molar-refractivity contribution in [2.45, 2.75) is 26.8 Å². The van der Waals surface area contributed by atoms with Crippen molar-refractivity contribution in [3.05, 3.63) is 21.0 Å². The van der Waals surface area contributed by atoms with E-state index in [2.05, 4.69) is 40.2 Å². The van der Waals surface area contributed by atoms with Crippen molar-refractivity contribution in [3.63, 3.8) is 0 Å². The van der Waals surface area contributed by atoms with Crippen LogP contribution in [0.1, 0.15) is 20.3 Å². The lowest BCUT2D eigenvalue weighted by atomic mass is 10.1. The number of anilines is 1. The minimum atomic E-state index is -0.259. The molecule has 2 N–H and O–H groups in total. The largest absolute Gasteiger partial charge is 0.394 e. The molecule has 1 rings (SSSR count). The summed E-state index contributed by atoms with van der Waals surface area (Å²) in [6.07, 6.45) is 2.61. The highest BCUT2D eigenvalue weighted by molar-refractivity contribution is 9.10. The van der Waals surface area contributed by atoms with Gasteiger partial charge in [-0.15, -0.1) is 0 Å². The monoisotopic (exact) mass is 347 g/mol. The summed E-state index contributed by atoms with van der Waals surface area (Å²) in [6.45, 7) is 6.33. The number of hydrogen-bond donors (Lipinski definition) is 2. The normalized spacial score (nSPS) is 11.1. The van der Waals surface area contributed by atoms with Gasteiger partial charge in [0, 0.05) is 13.2 Å². The predicted octanol–water partition coefficient (Wildman–Crippen LogP) is 1.47. The highest BCUT2D eigenvalue weighted by Gasteiger charge is 2.07. The van der Waals surface area contributed by atoms with E-state index in [9.17, 15) is 4.79 Å². The molecule has 0 radical (unpaired) electrons. The molecule has 0 bridgehead atoms. The molecule has 114 valence electrons. The quantitative estimate of drug-likeness (QED) is 0.661. The second-order valence-electron chi connectivity index (χ2n) is 4.85. The number of aromatic nitrogens is 2. The molecule has 1 aromatic rings. The molecule has 0 aliphatic heterocycles. The van der Waals surface area contributed by atoms with Crippen LogP contribution in [0.25, 0.3) is 0 Å². The topological polar surface area (TPSA) is 76.4 Å². The SMILES string of the molecule is CC(C)CCOCCNc1cnn(CCO)c(=O)c1Br. The van der Waals surface area contributed by atoms with Gasteiger partial charge in [0.15, 0.2) is 0 Å². The Morgan fingerprint density at radius 3 is 2.90 bits per heavy atom. The van der Waals surface area contributed by atoms with Crippen LogP contribution in [0.4, 0.5) is 5.69 Å². The molecule has 0 saturated carbocycles. The van der Waals surface area contributed by atoms with Crippen molar-refractivity contribution < 1.29 is 9.84 Å². The van der Waals surface area contributed by atoms with Gasteiger partial charge in [0.25, 0.3) is 5.56 Å². The van der Waals surface area contributed by atoms with E-state index in [0.29, 0.717) is 29.2 Å². The smallest absolute Gasteiger partial charge is 0.283 e. The summed E-state index contributed by atoms with van der Waals surface area (Å²) in [4.78, 5) is 11.9. The summed E-state index contributed by atoms with van der Waals surface area (Å²) >= 11 is 3.24. The molecule has 0 atom stereocenters. The third-order valence-electron chi connectivity index (χ3n) is 2.70. The maximum Gasteiger partial charge on any atom is 0.283 e. The van der Waals surface area contributed by atoms with Crippen molar-refractivity contribution in [1.29, 1.82) is 0 Å². The maximum atomic E-state index is 11.9. The molecular weight excluding hydrogens is 326 g/mol. The molecule has 0 aliphatic rings. The van der Waals surface area contributed by atoms with Gasteiger partial charge in [-0.2, -0.15) is 5.10 Å². The first-order chi connectivity index (χ1) is 9.56. The Hall–Kier alpha value is -0.920. The third kappa shape index (κ3) is 5.60. The highest BCUT2D eigenvalue weighted by atomic mass is 79.9. The van der Waals surface area contributed by atoms with Gasteiger partial charge in [-0.25, -0.2) is 4.68 Å². The van der Waals surface area contributed by atoms with Crippen LogP contribution in [0.3, 0.4) is 0 Å². The molecule has 0 aromatic carbocycles. The minimum absolute atomic E-state index is 0.115. The standard InChI is InChI=1S/C13H22BrN3O3/c1-10(2)3-7-20-8-4-15-11-9-16-17(5-6-18)13(19)12(11)14/h9-10,15,18H,3-8H2,1-2H3. The number of halogens is 1. The zero-order chi connectivity index (χ0) is 15.0. The van der Waals surface area contributed by atoms with E-state index in [4.69, 9.17) is 9.84 Å². The highest BCUT2D eigenvalue weighted by Crippen LogP contribution is 2.15. The van der Waals surface area contributed by atoms with Crippen molar-refractivity contribution in [2.24, 2.45) is 5.92 Å². The Labute approximate surface area is 127 Å². The van der Waals surface area contributed by atoms with E-state index < -0.39 is 0 Å². The summed E-state index contributed by atoms with van der Waals surface area (Å²) < 4.78 is 7.12.